The molecule has 0 saturated carbocycles. The number of hydrogen-bond acceptors (Lipinski definition) is 4. The highest BCUT2D eigenvalue weighted by molar-refractivity contribution is 6.04. The van der Waals surface area contributed by atoms with Crippen molar-refractivity contribution < 1.29 is 14.3 Å². The number of amides is 3. The molecule has 0 spiro atoms. The number of nitrogens with zero attached hydrogens (tertiary/aromatic N) is 1. The van der Waals surface area contributed by atoms with Crippen LogP contribution in [0.4, 0.5) is 21.9 Å². The second kappa shape index (κ2) is 10.5. The predicted molar refractivity (Wildman–Crippen MR) is 121 cm³/mol. The lowest BCUT2D eigenvalue weighted by atomic mass is 10.1. The van der Waals surface area contributed by atoms with Gasteiger partial charge < -0.3 is 25.6 Å². The normalized spacial score (nSPS) is 13.5. The summed E-state index contributed by atoms with van der Waals surface area (Å²) in [5.41, 5.74) is 2.63. The molecule has 1 fully saturated rings. The SMILES string of the molecule is CCCNC(=O)c1cc(NC(=O)Nc2ccccc2OC)ccc1N1CCCCC1. The Labute approximate surface area is 177 Å². The van der Waals surface area contributed by atoms with Gasteiger partial charge in [-0.15, -0.1) is 0 Å². The van der Waals surface area contributed by atoms with E-state index in [0.717, 1.165) is 38.0 Å². The lowest BCUT2D eigenvalue weighted by Gasteiger charge is -2.30. The van der Waals surface area contributed by atoms with Crippen LogP contribution < -0.4 is 25.6 Å². The van der Waals surface area contributed by atoms with Gasteiger partial charge in [0.25, 0.3) is 5.91 Å². The molecule has 1 aliphatic rings. The number of anilines is 3. The second-order valence-corrected chi connectivity index (χ2v) is 7.31. The van der Waals surface area contributed by atoms with Crippen molar-refractivity contribution in [2.24, 2.45) is 0 Å². The molecule has 0 bridgehead atoms. The molecular weight excluding hydrogens is 380 g/mol. The van der Waals surface area contributed by atoms with Gasteiger partial charge in [0.1, 0.15) is 5.75 Å². The fraction of sp³-hybridized carbons (Fsp3) is 0.391. The van der Waals surface area contributed by atoms with Gasteiger partial charge in [-0.25, -0.2) is 4.79 Å². The molecule has 30 heavy (non-hydrogen) atoms. The van der Waals surface area contributed by atoms with Crippen LogP contribution in [0.15, 0.2) is 42.5 Å². The van der Waals surface area contributed by atoms with Crippen LogP contribution in [0, 0.1) is 0 Å². The van der Waals surface area contributed by atoms with Crippen LogP contribution in [0.2, 0.25) is 0 Å². The first-order valence-electron chi connectivity index (χ1n) is 10.5. The van der Waals surface area contributed by atoms with Gasteiger partial charge in [-0.2, -0.15) is 0 Å². The Morgan fingerprint density at radius 3 is 2.53 bits per heavy atom. The molecule has 3 amide bonds. The molecule has 0 aromatic heterocycles. The van der Waals surface area contributed by atoms with Crippen molar-refractivity contribution in [3.8, 4) is 5.75 Å². The van der Waals surface area contributed by atoms with Crippen LogP contribution in [-0.2, 0) is 0 Å². The average molecular weight is 411 g/mol. The Morgan fingerprint density at radius 1 is 1.03 bits per heavy atom. The first-order chi connectivity index (χ1) is 14.6. The van der Waals surface area contributed by atoms with E-state index in [1.807, 2.05) is 31.2 Å². The molecular formula is C23H30N4O3. The molecule has 160 valence electrons. The number of ether oxygens (including phenoxy) is 1. The number of piperidine rings is 1. The number of para-hydroxylation sites is 2. The summed E-state index contributed by atoms with van der Waals surface area (Å²) in [5.74, 6) is 0.457. The Balaban J connectivity index is 1.78. The van der Waals surface area contributed by atoms with Crippen LogP contribution in [0.1, 0.15) is 43.0 Å². The summed E-state index contributed by atoms with van der Waals surface area (Å²) in [4.78, 5) is 27.6. The van der Waals surface area contributed by atoms with E-state index in [9.17, 15) is 9.59 Å². The molecule has 3 rings (SSSR count). The highest BCUT2D eigenvalue weighted by Crippen LogP contribution is 2.28. The molecule has 3 N–H and O–H groups in total. The summed E-state index contributed by atoms with van der Waals surface area (Å²) in [6.07, 6.45) is 4.33. The van der Waals surface area contributed by atoms with Gasteiger partial charge in [-0.1, -0.05) is 19.1 Å². The highest BCUT2D eigenvalue weighted by atomic mass is 16.5. The maximum absolute atomic E-state index is 12.8. The van der Waals surface area contributed by atoms with Gasteiger partial charge in [0.2, 0.25) is 0 Å². The van der Waals surface area contributed by atoms with E-state index in [2.05, 4.69) is 20.9 Å². The molecule has 1 aliphatic heterocycles. The Kier molecular flexibility index (Phi) is 7.54. The summed E-state index contributed by atoms with van der Waals surface area (Å²) >= 11 is 0. The Morgan fingerprint density at radius 2 is 1.80 bits per heavy atom. The Bertz CT molecular complexity index is 879. The lowest BCUT2D eigenvalue weighted by Crippen LogP contribution is -2.33. The number of rotatable bonds is 7. The number of methoxy groups -OCH3 is 1. The first-order valence-corrected chi connectivity index (χ1v) is 10.5. The Hall–Kier alpha value is -3.22. The van der Waals surface area contributed by atoms with Crippen molar-refractivity contribution in [2.75, 3.05) is 42.3 Å². The molecule has 0 atom stereocenters. The molecule has 7 nitrogen and oxygen atoms in total. The van der Waals surface area contributed by atoms with Crippen molar-refractivity contribution in [1.82, 2.24) is 5.32 Å². The minimum Gasteiger partial charge on any atom is -0.495 e. The molecule has 1 saturated heterocycles. The van der Waals surface area contributed by atoms with Crippen LogP contribution >= 0.6 is 0 Å². The monoisotopic (exact) mass is 410 g/mol. The minimum atomic E-state index is -0.398. The van der Waals surface area contributed by atoms with Crippen molar-refractivity contribution in [1.29, 1.82) is 0 Å². The van der Waals surface area contributed by atoms with Crippen LogP contribution in [0.3, 0.4) is 0 Å². The van der Waals surface area contributed by atoms with Crippen LogP contribution in [0.25, 0.3) is 0 Å². The van der Waals surface area contributed by atoms with E-state index in [-0.39, 0.29) is 5.91 Å². The fourth-order valence-electron chi connectivity index (χ4n) is 3.57. The molecule has 2 aromatic rings. The largest absolute Gasteiger partial charge is 0.495 e. The molecule has 7 heteroatoms. The zero-order valence-corrected chi connectivity index (χ0v) is 17.7. The first kappa shape index (κ1) is 21.5. The average Bonchev–Trinajstić information content (AvgIpc) is 2.78. The van der Waals surface area contributed by atoms with Crippen LogP contribution in [-0.4, -0.2) is 38.7 Å². The minimum absolute atomic E-state index is 0.119. The highest BCUT2D eigenvalue weighted by Gasteiger charge is 2.19. The quantitative estimate of drug-likeness (QED) is 0.629. The standard InChI is InChI=1S/C23H30N4O3/c1-3-13-24-22(28)18-16-17(11-12-20(18)27-14-7-4-8-15-27)25-23(29)26-19-9-5-6-10-21(19)30-2/h5-6,9-12,16H,3-4,7-8,13-15H2,1-2H3,(H,24,28)(H2,25,26,29). The van der Waals surface area contributed by atoms with E-state index in [0.29, 0.717) is 29.2 Å². The number of nitrogens with one attached hydrogen (secondary N) is 3. The summed E-state index contributed by atoms with van der Waals surface area (Å²) in [6.45, 7) is 4.51. The third kappa shape index (κ3) is 5.43. The lowest BCUT2D eigenvalue weighted by molar-refractivity contribution is 0.0954. The van der Waals surface area contributed by atoms with Crippen molar-refractivity contribution in [2.45, 2.75) is 32.6 Å². The fourth-order valence-corrected chi connectivity index (χ4v) is 3.57. The third-order valence-corrected chi connectivity index (χ3v) is 5.09. The van der Waals surface area contributed by atoms with Crippen molar-refractivity contribution >= 4 is 29.0 Å². The van der Waals surface area contributed by atoms with Crippen LogP contribution in [0.5, 0.6) is 5.75 Å². The molecule has 0 radical (unpaired) electrons. The third-order valence-electron chi connectivity index (χ3n) is 5.09. The van der Waals surface area contributed by atoms with Gasteiger partial charge in [0.15, 0.2) is 0 Å². The van der Waals surface area contributed by atoms with Gasteiger partial charge in [0, 0.05) is 31.0 Å². The maximum atomic E-state index is 12.8. The number of hydrogen-bond donors (Lipinski definition) is 3. The van der Waals surface area contributed by atoms with Crippen molar-refractivity contribution in [3.05, 3.63) is 48.0 Å². The summed E-state index contributed by atoms with van der Waals surface area (Å²) in [6, 6.07) is 12.3. The van der Waals surface area contributed by atoms with E-state index >= 15 is 0 Å². The van der Waals surface area contributed by atoms with E-state index in [1.165, 1.54) is 6.42 Å². The van der Waals surface area contributed by atoms with Gasteiger partial charge >= 0.3 is 6.03 Å². The summed E-state index contributed by atoms with van der Waals surface area (Å²) in [5, 5.41) is 8.56. The van der Waals surface area contributed by atoms with Gasteiger partial charge in [0.05, 0.1) is 18.4 Å². The molecule has 1 heterocycles. The number of carbonyl (C=O) groups excluding carboxylic acids is 2. The van der Waals surface area contributed by atoms with Crippen molar-refractivity contribution in [3.63, 3.8) is 0 Å². The van der Waals surface area contributed by atoms with Gasteiger partial charge in [-0.05, 0) is 56.0 Å². The number of urea groups is 1. The maximum Gasteiger partial charge on any atom is 0.323 e. The zero-order chi connectivity index (χ0) is 21.3. The summed E-state index contributed by atoms with van der Waals surface area (Å²) in [7, 11) is 1.55. The van der Waals surface area contributed by atoms with E-state index in [4.69, 9.17) is 4.74 Å². The molecule has 0 aliphatic carbocycles. The van der Waals surface area contributed by atoms with Gasteiger partial charge in [-0.3, -0.25) is 4.79 Å². The van der Waals surface area contributed by atoms with E-state index < -0.39 is 6.03 Å². The topological polar surface area (TPSA) is 82.7 Å². The smallest absolute Gasteiger partial charge is 0.323 e. The second-order valence-electron chi connectivity index (χ2n) is 7.31. The molecule has 2 aromatic carbocycles. The predicted octanol–water partition coefficient (Wildman–Crippen LogP) is 4.47. The zero-order valence-electron chi connectivity index (χ0n) is 17.7. The van der Waals surface area contributed by atoms with E-state index in [1.54, 1.807) is 25.3 Å². The molecule has 0 unspecified atom stereocenters. The number of benzene rings is 2. The summed E-state index contributed by atoms with van der Waals surface area (Å²) < 4.78 is 5.27. The number of carbonyl (C=O) groups is 2.